The van der Waals surface area contributed by atoms with Gasteiger partial charge in [0.25, 0.3) is 0 Å². The summed E-state index contributed by atoms with van der Waals surface area (Å²) in [6, 6.07) is 14.9. The van der Waals surface area contributed by atoms with Crippen molar-refractivity contribution in [2.45, 2.75) is 25.7 Å². The van der Waals surface area contributed by atoms with Gasteiger partial charge in [0.05, 0.1) is 0 Å². The van der Waals surface area contributed by atoms with E-state index in [1.165, 1.54) is 16.3 Å². The molecule has 2 atom stereocenters. The third-order valence-corrected chi connectivity index (χ3v) is 4.83. The van der Waals surface area contributed by atoms with Crippen LogP contribution in [0.15, 0.2) is 42.5 Å². The average molecular weight is 296 g/mol. The highest BCUT2D eigenvalue weighted by atomic mass is 16.1. The summed E-state index contributed by atoms with van der Waals surface area (Å²) in [7, 11) is 0. The predicted octanol–water partition coefficient (Wildman–Crippen LogP) is 2.87. The third kappa shape index (κ3) is 3.30. The maximum Gasteiger partial charge on any atom is 0.223 e. The number of amides is 1. The van der Waals surface area contributed by atoms with Crippen LogP contribution in [0.1, 0.15) is 24.8 Å². The molecule has 3 nitrogen and oxygen atoms in total. The molecular formula is C19H24N2O. The molecular weight excluding hydrogens is 272 g/mol. The van der Waals surface area contributed by atoms with Crippen LogP contribution >= 0.6 is 0 Å². The minimum atomic E-state index is 0.126. The van der Waals surface area contributed by atoms with Gasteiger partial charge in [-0.3, -0.25) is 4.79 Å². The van der Waals surface area contributed by atoms with Crippen molar-refractivity contribution in [3.05, 3.63) is 48.0 Å². The molecule has 22 heavy (non-hydrogen) atoms. The zero-order chi connectivity index (χ0) is 15.4. The van der Waals surface area contributed by atoms with Crippen molar-refractivity contribution in [1.29, 1.82) is 0 Å². The molecule has 1 aliphatic rings. The van der Waals surface area contributed by atoms with Crippen LogP contribution in [0.5, 0.6) is 0 Å². The molecule has 0 aliphatic heterocycles. The highest BCUT2D eigenvalue weighted by Crippen LogP contribution is 2.30. The second kappa shape index (κ2) is 6.93. The molecule has 1 fully saturated rings. The molecule has 0 aromatic heterocycles. The van der Waals surface area contributed by atoms with Gasteiger partial charge in [-0.15, -0.1) is 0 Å². The Balaban J connectivity index is 1.54. The molecule has 3 heteroatoms. The standard InChI is InChI=1S/C19H24N2O/c20-13-17-6-3-7-18(17)19(22)21-11-10-14-8-9-15-4-1-2-5-16(15)12-14/h1-2,4-5,8-9,12,17-18H,3,6-7,10-11,13,20H2,(H,21,22)/t17-,18-/m1/s1. The molecule has 3 rings (SSSR count). The van der Waals surface area contributed by atoms with Crippen LogP contribution < -0.4 is 11.1 Å². The SMILES string of the molecule is NC[C@H]1CCC[C@H]1C(=O)NCCc1ccc2ccccc2c1. The van der Waals surface area contributed by atoms with E-state index in [1.807, 2.05) is 0 Å². The summed E-state index contributed by atoms with van der Waals surface area (Å²) in [5.41, 5.74) is 7.02. The molecule has 2 aromatic rings. The summed E-state index contributed by atoms with van der Waals surface area (Å²) in [5.74, 6) is 0.691. The van der Waals surface area contributed by atoms with Crippen LogP contribution in [0.4, 0.5) is 0 Å². The highest BCUT2D eigenvalue weighted by Gasteiger charge is 2.31. The molecule has 116 valence electrons. The first-order valence-electron chi connectivity index (χ1n) is 8.23. The van der Waals surface area contributed by atoms with Crippen molar-refractivity contribution in [3.8, 4) is 0 Å². The smallest absolute Gasteiger partial charge is 0.223 e. The number of fused-ring (bicyclic) bond motifs is 1. The topological polar surface area (TPSA) is 55.1 Å². The Morgan fingerprint density at radius 2 is 1.95 bits per heavy atom. The van der Waals surface area contributed by atoms with Crippen LogP contribution in [0, 0.1) is 11.8 Å². The molecule has 0 spiro atoms. The maximum absolute atomic E-state index is 12.3. The van der Waals surface area contributed by atoms with Gasteiger partial charge in [-0.2, -0.15) is 0 Å². The fraction of sp³-hybridized carbons (Fsp3) is 0.421. The molecule has 0 unspecified atom stereocenters. The van der Waals surface area contributed by atoms with Gasteiger partial charge < -0.3 is 11.1 Å². The van der Waals surface area contributed by atoms with Gasteiger partial charge in [0.2, 0.25) is 5.91 Å². The molecule has 1 saturated carbocycles. The van der Waals surface area contributed by atoms with Crippen molar-refractivity contribution in [2.24, 2.45) is 17.6 Å². The molecule has 3 N–H and O–H groups in total. The van der Waals surface area contributed by atoms with E-state index in [9.17, 15) is 4.79 Å². The molecule has 0 heterocycles. The Morgan fingerprint density at radius 3 is 2.77 bits per heavy atom. The minimum Gasteiger partial charge on any atom is -0.356 e. The second-order valence-corrected chi connectivity index (χ2v) is 6.26. The number of carbonyl (C=O) groups is 1. The molecule has 2 aromatic carbocycles. The van der Waals surface area contributed by atoms with Crippen LogP contribution in [0.3, 0.4) is 0 Å². The van der Waals surface area contributed by atoms with E-state index in [1.54, 1.807) is 0 Å². The normalized spacial score (nSPS) is 21.1. The van der Waals surface area contributed by atoms with Crippen molar-refractivity contribution in [2.75, 3.05) is 13.1 Å². The maximum atomic E-state index is 12.3. The third-order valence-electron chi connectivity index (χ3n) is 4.83. The van der Waals surface area contributed by atoms with Crippen LogP contribution in [0.2, 0.25) is 0 Å². The number of nitrogens with one attached hydrogen (secondary N) is 1. The average Bonchev–Trinajstić information content (AvgIpc) is 3.03. The van der Waals surface area contributed by atoms with Crippen molar-refractivity contribution in [3.63, 3.8) is 0 Å². The Labute approximate surface area is 131 Å². The molecule has 1 amide bonds. The Bertz CT molecular complexity index is 653. The van der Waals surface area contributed by atoms with Crippen LogP contribution in [-0.2, 0) is 11.2 Å². The molecule has 0 radical (unpaired) electrons. The number of carbonyl (C=O) groups excluding carboxylic acids is 1. The van der Waals surface area contributed by atoms with Crippen molar-refractivity contribution in [1.82, 2.24) is 5.32 Å². The number of hydrogen-bond acceptors (Lipinski definition) is 2. The van der Waals surface area contributed by atoms with Gasteiger partial charge in [0.1, 0.15) is 0 Å². The predicted molar refractivity (Wildman–Crippen MR) is 90.5 cm³/mol. The van der Waals surface area contributed by atoms with E-state index in [0.29, 0.717) is 19.0 Å². The molecule has 0 saturated heterocycles. The lowest BCUT2D eigenvalue weighted by atomic mass is 9.95. The van der Waals surface area contributed by atoms with E-state index in [2.05, 4.69) is 47.8 Å². The monoisotopic (exact) mass is 296 g/mol. The quantitative estimate of drug-likeness (QED) is 0.891. The van der Waals surface area contributed by atoms with E-state index >= 15 is 0 Å². The summed E-state index contributed by atoms with van der Waals surface area (Å²) in [5, 5.41) is 5.60. The van der Waals surface area contributed by atoms with Gasteiger partial charge in [-0.25, -0.2) is 0 Å². The van der Waals surface area contributed by atoms with Crippen molar-refractivity contribution < 1.29 is 4.79 Å². The Kier molecular flexibility index (Phi) is 4.74. The fourth-order valence-corrected chi connectivity index (χ4v) is 3.52. The first kappa shape index (κ1) is 15.0. The highest BCUT2D eigenvalue weighted by molar-refractivity contribution is 5.83. The zero-order valence-corrected chi connectivity index (χ0v) is 12.9. The second-order valence-electron chi connectivity index (χ2n) is 6.26. The van der Waals surface area contributed by atoms with Gasteiger partial charge in [0, 0.05) is 12.5 Å². The van der Waals surface area contributed by atoms with Gasteiger partial charge in [0.15, 0.2) is 0 Å². The summed E-state index contributed by atoms with van der Waals surface area (Å²) < 4.78 is 0. The van der Waals surface area contributed by atoms with Gasteiger partial charge in [-0.05, 0) is 48.1 Å². The van der Waals surface area contributed by atoms with E-state index in [0.717, 1.165) is 25.7 Å². The van der Waals surface area contributed by atoms with Crippen LogP contribution in [-0.4, -0.2) is 19.0 Å². The van der Waals surface area contributed by atoms with E-state index in [4.69, 9.17) is 5.73 Å². The number of benzene rings is 2. The van der Waals surface area contributed by atoms with Crippen LogP contribution in [0.25, 0.3) is 10.8 Å². The van der Waals surface area contributed by atoms with Gasteiger partial charge >= 0.3 is 0 Å². The summed E-state index contributed by atoms with van der Waals surface area (Å²) in [6.07, 6.45) is 4.09. The van der Waals surface area contributed by atoms with Crippen molar-refractivity contribution >= 4 is 16.7 Å². The van der Waals surface area contributed by atoms with Gasteiger partial charge in [-0.1, -0.05) is 48.9 Å². The Morgan fingerprint density at radius 1 is 1.14 bits per heavy atom. The molecule has 1 aliphatic carbocycles. The minimum absolute atomic E-state index is 0.126. The summed E-state index contributed by atoms with van der Waals surface area (Å²) >= 11 is 0. The number of hydrogen-bond donors (Lipinski definition) is 2. The lowest BCUT2D eigenvalue weighted by molar-refractivity contribution is -0.125. The summed E-state index contributed by atoms with van der Waals surface area (Å²) in [4.78, 5) is 12.3. The number of rotatable bonds is 5. The summed E-state index contributed by atoms with van der Waals surface area (Å²) in [6.45, 7) is 1.33. The first-order valence-corrected chi connectivity index (χ1v) is 8.23. The Hall–Kier alpha value is -1.87. The molecule has 0 bridgehead atoms. The van der Waals surface area contributed by atoms with E-state index in [-0.39, 0.29) is 11.8 Å². The largest absolute Gasteiger partial charge is 0.356 e. The number of nitrogens with two attached hydrogens (primary N) is 1. The zero-order valence-electron chi connectivity index (χ0n) is 12.9. The fourth-order valence-electron chi connectivity index (χ4n) is 3.52. The van der Waals surface area contributed by atoms with E-state index < -0.39 is 0 Å². The lowest BCUT2D eigenvalue weighted by Crippen LogP contribution is -2.36. The lowest BCUT2D eigenvalue weighted by Gasteiger charge is -2.17. The first-order chi connectivity index (χ1) is 10.8.